The maximum absolute atomic E-state index is 11.5. The minimum absolute atomic E-state index is 0.00756. The minimum atomic E-state index is -0.971. The van der Waals surface area contributed by atoms with Crippen LogP contribution >= 0.6 is 15.9 Å². The predicted molar refractivity (Wildman–Crippen MR) is 72.1 cm³/mol. The normalized spacial score (nSPS) is 12.7. The molecule has 0 radical (unpaired) electrons. The summed E-state index contributed by atoms with van der Waals surface area (Å²) in [6, 6.07) is 3.92. The maximum Gasteiger partial charge on any atom is 0.303 e. The molecule has 0 saturated carbocycles. The molecular weight excluding hydrogens is 314 g/mol. The summed E-state index contributed by atoms with van der Waals surface area (Å²) in [7, 11) is 0. The number of halogens is 1. The fourth-order valence-electron chi connectivity index (χ4n) is 1.98. The van der Waals surface area contributed by atoms with E-state index in [2.05, 4.69) is 21.2 Å². The van der Waals surface area contributed by atoms with Crippen LogP contribution in [0.3, 0.4) is 0 Å². The fraction of sp³-hybridized carbons (Fsp3) is 0.385. The van der Waals surface area contributed by atoms with E-state index in [1.807, 2.05) is 12.1 Å². The molecule has 1 aromatic carbocycles. The predicted octanol–water partition coefficient (Wildman–Crippen LogP) is 1.86. The van der Waals surface area contributed by atoms with Crippen LogP contribution in [0.25, 0.3) is 0 Å². The number of amides is 1. The molecule has 0 spiro atoms. The van der Waals surface area contributed by atoms with E-state index in [1.165, 1.54) is 0 Å². The minimum Gasteiger partial charge on any atom is -0.493 e. The number of hydrogen-bond acceptors (Lipinski definition) is 3. The first-order valence-corrected chi connectivity index (χ1v) is 6.78. The summed E-state index contributed by atoms with van der Waals surface area (Å²) in [5.41, 5.74) is 2.04. The van der Waals surface area contributed by atoms with E-state index in [-0.39, 0.29) is 18.7 Å². The monoisotopic (exact) mass is 327 g/mol. The van der Waals surface area contributed by atoms with E-state index in [9.17, 15) is 9.59 Å². The molecule has 0 fully saturated rings. The first-order chi connectivity index (χ1) is 9.06. The number of hydrogen-bond donors (Lipinski definition) is 2. The molecule has 0 atom stereocenters. The second kappa shape index (κ2) is 6.06. The summed E-state index contributed by atoms with van der Waals surface area (Å²) in [4.78, 5) is 21.8. The first kappa shape index (κ1) is 13.9. The standard InChI is InChI=1S/C13H14BrNO4/c14-10-5-8-3-4-19-13(8)9(6-10)7-15-11(16)1-2-12(17)18/h5-6H,1-4,7H2,(H,15,16)(H,17,18). The molecule has 6 heteroatoms. The number of aliphatic carboxylic acids is 1. The van der Waals surface area contributed by atoms with Crippen molar-refractivity contribution >= 4 is 27.8 Å². The zero-order chi connectivity index (χ0) is 13.8. The zero-order valence-electron chi connectivity index (χ0n) is 10.2. The second-order valence-corrected chi connectivity index (χ2v) is 5.24. The molecule has 1 aliphatic heterocycles. The molecule has 19 heavy (non-hydrogen) atoms. The summed E-state index contributed by atoms with van der Waals surface area (Å²) >= 11 is 3.43. The Hall–Kier alpha value is -1.56. The summed E-state index contributed by atoms with van der Waals surface area (Å²) < 4.78 is 6.50. The lowest BCUT2D eigenvalue weighted by Crippen LogP contribution is -2.23. The summed E-state index contributed by atoms with van der Waals surface area (Å²) in [5, 5.41) is 11.2. The SMILES string of the molecule is O=C(O)CCC(=O)NCc1cc(Br)cc2c1OCC2. The van der Waals surface area contributed by atoms with Crippen molar-refractivity contribution in [1.82, 2.24) is 5.32 Å². The number of nitrogens with one attached hydrogen (secondary N) is 1. The number of carbonyl (C=O) groups is 2. The molecule has 0 bridgehead atoms. The Bertz CT molecular complexity index is 516. The number of fused-ring (bicyclic) bond motifs is 1. The largest absolute Gasteiger partial charge is 0.493 e. The van der Waals surface area contributed by atoms with Gasteiger partial charge in [0.15, 0.2) is 0 Å². The van der Waals surface area contributed by atoms with Gasteiger partial charge in [-0.1, -0.05) is 15.9 Å². The van der Waals surface area contributed by atoms with Gasteiger partial charge in [0.25, 0.3) is 0 Å². The van der Waals surface area contributed by atoms with Gasteiger partial charge >= 0.3 is 5.97 Å². The molecule has 0 aliphatic carbocycles. The molecule has 0 aromatic heterocycles. The van der Waals surface area contributed by atoms with Crippen molar-refractivity contribution < 1.29 is 19.4 Å². The van der Waals surface area contributed by atoms with E-state index >= 15 is 0 Å². The number of carboxylic acid groups (broad SMARTS) is 1. The van der Waals surface area contributed by atoms with E-state index in [0.29, 0.717) is 13.2 Å². The third-order valence-corrected chi connectivity index (χ3v) is 3.33. The van der Waals surface area contributed by atoms with Crippen molar-refractivity contribution in [2.45, 2.75) is 25.8 Å². The Kier molecular flexibility index (Phi) is 4.42. The first-order valence-electron chi connectivity index (χ1n) is 5.99. The molecule has 5 nitrogen and oxygen atoms in total. The van der Waals surface area contributed by atoms with Crippen LogP contribution in [-0.4, -0.2) is 23.6 Å². The second-order valence-electron chi connectivity index (χ2n) is 4.32. The number of rotatable bonds is 5. The van der Waals surface area contributed by atoms with Crippen LogP contribution < -0.4 is 10.1 Å². The highest BCUT2D eigenvalue weighted by molar-refractivity contribution is 9.10. The lowest BCUT2D eigenvalue weighted by molar-refractivity contribution is -0.138. The van der Waals surface area contributed by atoms with Gasteiger partial charge in [-0.15, -0.1) is 0 Å². The molecule has 0 unspecified atom stereocenters. The van der Waals surface area contributed by atoms with Gasteiger partial charge in [-0.25, -0.2) is 0 Å². The van der Waals surface area contributed by atoms with Crippen LogP contribution in [-0.2, 0) is 22.6 Å². The Morgan fingerprint density at radius 2 is 2.16 bits per heavy atom. The highest BCUT2D eigenvalue weighted by atomic mass is 79.9. The van der Waals surface area contributed by atoms with E-state index in [0.717, 1.165) is 27.8 Å². The van der Waals surface area contributed by atoms with E-state index in [1.54, 1.807) is 0 Å². The lowest BCUT2D eigenvalue weighted by Gasteiger charge is -2.10. The van der Waals surface area contributed by atoms with Crippen molar-refractivity contribution in [2.24, 2.45) is 0 Å². The van der Waals surface area contributed by atoms with Crippen molar-refractivity contribution in [2.75, 3.05) is 6.61 Å². The Morgan fingerprint density at radius 3 is 2.89 bits per heavy atom. The van der Waals surface area contributed by atoms with Crippen molar-refractivity contribution in [3.8, 4) is 5.75 Å². The van der Waals surface area contributed by atoms with Gasteiger partial charge in [0.1, 0.15) is 5.75 Å². The van der Waals surface area contributed by atoms with Crippen molar-refractivity contribution in [3.05, 3.63) is 27.7 Å². The van der Waals surface area contributed by atoms with Gasteiger partial charge in [-0.3, -0.25) is 9.59 Å². The van der Waals surface area contributed by atoms with Crippen LogP contribution in [0.5, 0.6) is 5.75 Å². The van der Waals surface area contributed by atoms with Crippen molar-refractivity contribution in [1.29, 1.82) is 0 Å². The van der Waals surface area contributed by atoms with Gasteiger partial charge < -0.3 is 15.2 Å². The average Bonchev–Trinajstić information content (AvgIpc) is 2.81. The molecule has 102 valence electrons. The Labute approximate surface area is 119 Å². The highest BCUT2D eigenvalue weighted by Crippen LogP contribution is 2.32. The molecule has 1 aromatic rings. The fourth-order valence-corrected chi connectivity index (χ4v) is 2.53. The zero-order valence-corrected chi connectivity index (χ0v) is 11.8. The third kappa shape index (κ3) is 3.70. The van der Waals surface area contributed by atoms with Gasteiger partial charge in [0.05, 0.1) is 13.0 Å². The highest BCUT2D eigenvalue weighted by Gasteiger charge is 2.17. The quantitative estimate of drug-likeness (QED) is 0.865. The number of carbonyl (C=O) groups excluding carboxylic acids is 1. The third-order valence-electron chi connectivity index (χ3n) is 2.87. The molecule has 2 N–H and O–H groups in total. The van der Waals surface area contributed by atoms with Crippen LogP contribution in [0.15, 0.2) is 16.6 Å². The number of benzene rings is 1. The van der Waals surface area contributed by atoms with Gasteiger partial charge in [-0.05, 0) is 17.7 Å². The van der Waals surface area contributed by atoms with E-state index in [4.69, 9.17) is 9.84 Å². The van der Waals surface area contributed by atoms with Crippen LogP contribution in [0.1, 0.15) is 24.0 Å². The summed E-state index contributed by atoms with van der Waals surface area (Å²) in [5.74, 6) is -0.405. The average molecular weight is 328 g/mol. The maximum atomic E-state index is 11.5. The van der Waals surface area contributed by atoms with Crippen LogP contribution in [0, 0.1) is 0 Å². The molecule has 1 heterocycles. The molecule has 0 saturated heterocycles. The smallest absolute Gasteiger partial charge is 0.303 e. The van der Waals surface area contributed by atoms with E-state index < -0.39 is 5.97 Å². The number of carboxylic acids is 1. The van der Waals surface area contributed by atoms with Gasteiger partial charge in [0, 0.05) is 29.4 Å². The molecule has 2 rings (SSSR count). The lowest BCUT2D eigenvalue weighted by atomic mass is 10.1. The molecule has 1 aliphatic rings. The summed E-state index contributed by atoms with van der Waals surface area (Å²) in [6.45, 7) is 1.01. The van der Waals surface area contributed by atoms with Gasteiger partial charge in [0.2, 0.25) is 5.91 Å². The Balaban J connectivity index is 1.96. The summed E-state index contributed by atoms with van der Waals surface area (Å²) in [6.07, 6.45) is 0.708. The van der Waals surface area contributed by atoms with Crippen molar-refractivity contribution in [3.63, 3.8) is 0 Å². The molecular formula is C13H14BrNO4. The molecule has 1 amide bonds. The topological polar surface area (TPSA) is 75.6 Å². The van der Waals surface area contributed by atoms with Gasteiger partial charge in [-0.2, -0.15) is 0 Å². The van der Waals surface area contributed by atoms with Crippen LogP contribution in [0.4, 0.5) is 0 Å². The van der Waals surface area contributed by atoms with Crippen LogP contribution in [0.2, 0.25) is 0 Å². The number of ether oxygens (including phenoxy) is 1. The Morgan fingerprint density at radius 1 is 1.37 bits per heavy atom.